The van der Waals surface area contributed by atoms with Crippen LogP contribution in [-0.2, 0) is 4.79 Å². The van der Waals surface area contributed by atoms with Gasteiger partial charge in [0.25, 0.3) is 0 Å². The Kier molecular flexibility index (Phi) is 6.47. The van der Waals surface area contributed by atoms with Crippen LogP contribution in [0.1, 0.15) is 46.0 Å². The molecule has 0 radical (unpaired) electrons. The van der Waals surface area contributed by atoms with Crippen LogP contribution in [0, 0.1) is 11.8 Å². The first-order valence-corrected chi connectivity index (χ1v) is 7.15. The summed E-state index contributed by atoms with van der Waals surface area (Å²) < 4.78 is 0. The van der Waals surface area contributed by atoms with E-state index in [9.17, 15) is 9.59 Å². The second-order valence-electron chi connectivity index (χ2n) is 5.28. The van der Waals surface area contributed by atoms with Crippen molar-refractivity contribution in [1.29, 1.82) is 0 Å². The minimum absolute atomic E-state index is 0.448. The number of amides is 3. The summed E-state index contributed by atoms with van der Waals surface area (Å²) >= 11 is 5.55. The maximum absolute atomic E-state index is 11.3. The zero-order valence-corrected chi connectivity index (χ0v) is 11.9. The summed E-state index contributed by atoms with van der Waals surface area (Å²) in [5.41, 5.74) is 0. The van der Waals surface area contributed by atoms with Gasteiger partial charge in [0.1, 0.15) is 5.38 Å². The maximum atomic E-state index is 11.3. The molecule has 1 atom stereocenters. The first-order chi connectivity index (χ1) is 8.49. The summed E-state index contributed by atoms with van der Waals surface area (Å²) in [5, 5.41) is 4.22. The van der Waals surface area contributed by atoms with Crippen molar-refractivity contribution >= 4 is 23.5 Å². The second-order valence-corrected chi connectivity index (χ2v) is 5.93. The number of alkyl halides is 1. The molecule has 0 saturated heterocycles. The predicted octanol–water partition coefficient (Wildman–Crippen LogP) is 2.66. The van der Waals surface area contributed by atoms with Crippen LogP contribution in [0.15, 0.2) is 0 Å². The highest BCUT2D eigenvalue weighted by Crippen LogP contribution is 2.29. The highest BCUT2D eigenvalue weighted by atomic mass is 35.5. The van der Waals surface area contributed by atoms with Gasteiger partial charge in [-0.3, -0.25) is 10.1 Å². The van der Waals surface area contributed by atoms with Gasteiger partial charge in [-0.05, 0) is 25.2 Å². The Hall–Kier alpha value is -0.770. The third-order valence-electron chi connectivity index (χ3n) is 3.57. The highest BCUT2D eigenvalue weighted by molar-refractivity contribution is 6.31. The van der Waals surface area contributed by atoms with Gasteiger partial charge in [-0.1, -0.05) is 32.6 Å². The average molecular weight is 275 g/mol. The third kappa shape index (κ3) is 5.71. The molecule has 0 aliphatic heterocycles. The van der Waals surface area contributed by atoms with Crippen LogP contribution < -0.4 is 10.6 Å². The quantitative estimate of drug-likeness (QED) is 0.775. The third-order valence-corrected chi connectivity index (χ3v) is 3.77. The minimum Gasteiger partial charge on any atom is -0.338 e. The van der Waals surface area contributed by atoms with Crippen LogP contribution in [0.2, 0.25) is 0 Å². The molecule has 18 heavy (non-hydrogen) atoms. The zero-order valence-electron chi connectivity index (χ0n) is 11.2. The van der Waals surface area contributed by atoms with Crippen LogP contribution in [-0.4, -0.2) is 23.9 Å². The van der Waals surface area contributed by atoms with E-state index in [1.165, 1.54) is 32.6 Å². The molecule has 1 unspecified atom stereocenters. The van der Waals surface area contributed by atoms with Crippen molar-refractivity contribution in [3.05, 3.63) is 0 Å². The van der Waals surface area contributed by atoms with Crippen LogP contribution in [0.3, 0.4) is 0 Å². The lowest BCUT2D eigenvalue weighted by molar-refractivity contribution is -0.119. The van der Waals surface area contributed by atoms with Crippen molar-refractivity contribution in [2.75, 3.05) is 6.54 Å². The molecule has 104 valence electrons. The molecule has 0 aromatic heterocycles. The van der Waals surface area contributed by atoms with E-state index in [4.69, 9.17) is 11.6 Å². The van der Waals surface area contributed by atoms with E-state index in [2.05, 4.69) is 17.6 Å². The summed E-state index contributed by atoms with van der Waals surface area (Å²) in [5.74, 6) is 1.10. The number of carbonyl (C=O) groups is 2. The lowest BCUT2D eigenvalue weighted by Gasteiger charge is -2.26. The minimum atomic E-state index is -0.685. The molecule has 1 aliphatic rings. The van der Waals surface area contributed by atoms with Crippen molar-refractivity contribution in [3.8, 4) is 0 Å². The predicted molar refractivity (Wildman–Crippen MR) is 72.6 cm³/mol. The second kappa shape index (κ2) is 7.62. The Morgan fingerprint density at radius 3 is 2.44 bits per heavy atom. The van der Waals surface area contributed by atoms with Crippen molar-refractivity contribution in [2.45, 2.75) is 51.3 Å². The number of nitrogens with one attached hydrogen (secondary N) is 2. The number of urea groups is 1. The molecular formula is C13H23ClN2O2. The summed E-state index contributed by atoms with van der Waals surface area (Å²) in [4.78, 5) is 22.5. The zero-order chi connectivity index (χ0) is 13.5. The standard InChI is InChI=1S/C13H23ClN2O2/c1-9-3-5-11(6-4-9)7-8-15-13(18)16-12(17)10(2)14/h9-11H,3-8H2,1-2H3,(H2,15,16,17,18). The lowest BCUT2D eigenvalue weighted by Crippen LogP contribution is -2.42. The van der Waals surface area contributed by atoms with E-state index in [0.717, 1.165) is 12.3 Å². The van der Waals surface area contributed by atoms with Gasteiger partial charge in [-0.25, -0.2) is 4.79 Å². The fourth-order valence-electron chi connectivity index (χ4n) is 2.26. The monoisotopic (exact) mass is 274 g/mol. The maximum Gasteiger partial charge on any atom is 0.321 e. The summed E-state index contributed by atoms with van der Waals surface area (Å²) in [6, 6.07) is -0.448. The van der Waals surface area contributed by atoms with E-state index in [1.54, 1.807) is 0 Å². The fourth-order valence-corrected chi connectivity index (χ4v) is 2.32. The normalized spacial score (nSPS) is 25.3. The molecule has 1 fully saturated rings. The summed E-state index contributed by atoms with van der Waals surface area (Å²) in [6.45, 7) is 4.45. The van der Waals surface area contributed by atoms with E-state index in [-0.39, 0.29) is 0 Å². The molecule has 3 amide bonds. The molecule has 1 rings (SSSR count). The van der Waals surface area contributed by atoms with Gasteiger partial charge in [0.2, 0.25) is 5.91 Å². The fraction of sp³-hybridized carbons (Fsp3) is 0.846. The van der Waals surface area contributed by atoms with Gasteiger partial charge in [0.15, 0.2) is 0 Å². The van der Waals surface area contributed by atoms with Crippen LogP contribution in [0.4, 0.5) is 4.79 Å². The first-order valence-electron chi connectivity index (χ1n) is 6.71. The van der Waals surface area contributed by atoms with E-state index < -0.39 is 17.3 Å². The molecule has 0 aromatic rings. The van der Waals surface area contributed by atoms with Gasteiger partial charge in [0.05, 0.1) is 0 Å². The number of hydrogen-bond acceptors (Lipinski definition) is 2. The lowest BCUT2D eigenvalue weighted by atomic mass is 9.81. The van der Waals surface area contributed by atoms with Gasteiger partial charge in [0, 0.05) is 6.54 Å². The smallest absolute Gasteiger partial charge is 0.321 e. The van der Waals surface area contributed by atoms with Gasteiger partial charge >= 0.3 is 6.03 Å². The Bertz CT molecular complexity index is 287. The Morgan fingerprint density at radius 1 is 1.28 bits per heavy atom. The van der Waals surface area contributed by atoms with Gasteiger partial charge < -0.3 is 5.32 Å². The molecule has 0 heterocycles. The molecule has 0 bridgehead atoms. The van der Waals surface area contributed by atoms with Gasteiger partial charge in [-0.15, -0.1) is 11.6 Å². The number of imide groups is 1. The molecule has 1 saturated carbocycles. The van der Waals surface area contributed by atoms with Crippen LogP contribution in [0.25, 0.3) is 0 Å². The van der Waals surface area contributed by atoms with Crippen molar-refractivity contribution < 1.29 is 9.59 Å². The van der Waals surface area contributed by atoms with Crippen molar-refractivity contribution in [3.63, 3.8) is 0 Å². The molecule has 0 aromatic carbocycles. The molecular weight excluding hydrogens is 252 g/mol. The Labute approximate surface area is 114 Å². The van der Waals surface area contributed by atoms with E-state index in [1.807, 2.05) is 0 Å². The van der Waals surface area contributed by atoms with Crippen LogP contribution >= 0.6 is 11.6 Å². The average Bonchev–Trinajstić information content (AvgIpc) is 2.31. The number of rotatable bonds is 4. The topological polar surface area (TPSA) is 58.2 Å². The van der Waals surface area contributed by atoms with Crippen LogP contribution in [0.5, 0.6) is 0 Å². The Balaban J connectivity index is 2.10. The number of carbonyl (C=O) groups excluding carboxylic acids is 2. The largest absolute Gasteiger partial charge is 0.338 e. The number of halogens is 1. The summed E-state index contributed by atoms with van der Waals surface area (Å²) in [6.07, 6.45) is 6.08. The van der Waals surface area contributed by atoms with E-state index >= 15 is 0 Å². The highest BCUT2D eigenvalue weighted by Gasteiger charge is 2.18. The molecule has 0 spiro atoms. The first kappa shape index (κ1) is 15.3. The molecule has 1 aliphatic carbocycles. The SMILES string of the molecule is CC1CCC(CCNC(=O)NC(=O)C(C)Cl)CC1. The van der Waals surface area contributed by atoms with Gasteiger partial charge in [-0.2, -0.15) is 0 Å². The molecule has 4 nitrogen and oxygen atoms in total. The Morgan fingerprint density at radius 2 is 1.89 bits per heavy atom. The molecule has 2 N–H and O–H groups in total. The van der Waals surface area contributed by atoms with E-state index in [0.29, 0.717) is 12.5 Å². The van der Waals surface area contributed by atoms with Crippen molar-refractivity contribution in [2.24, 2.45) is 11.8 Å². The van der Waals surface area contributed by atoms with Crippen molar-refractivity contribution in [1.82, 2.24) is 10.6 Å². The molecule has 5 heteroatoms. The number of hydrogen-bond donors (Lipinski definition) is 2. The summed E-state index contributed by atoms with van der Waals surface area (Å²) in [7, 11) is 0.